The van der Waals surface area contributed by atoms with Gasteiger partial charge in [0, 0.05) is 49.5 Å². The third-order valence-corrected chi connectivity index (χ3v) is 14.6. The predicted molar refractivity (Wildman–Crippen MR) is 258 cm³/mol. The molecule has 2 unspecified atom stereocenters. The van der Waals surface area contributed by atoms with Crippen molar-refractivity contribution in [1.29, 1.82) is 0 Å². The van der Waals surface area contributed by atoms with Crippen LogP contribution in [0.1, 0.15) is 27.8 Å². The Morgan fingerprint density at radius 1 is 0.438 bits per heavy atom. The Morgan fingerprint density at radius 2 is 1.03 bits per heavy atom. The number of nitrogens with zero attached hydrogens (tertiary/aromatic N) is 1. The van der Waals surface area contributed by atoms with Crippen LogP contribution in [0.25, 0.3) is 76.5 Å². The second kappa shape index (κ2) is 11.7. The smallest absolute Gasteiger partial charge is 0.201 e. The molecular formula is C58H34N4O2. The molecule has 0 fully saturated rings. The minimum atomic E-state index is -0.984. The fourth-order valence-corrected chi connectivity index (χ4v) is 12.0. The van der Waals surface area contributed by atoms with E-state index < -0.39 is 11.3 Å². The van der Waals surface area contributed by atoms with E-state index in [1.54, 1.807) is 0 Å². The molecule has 15 rings (SSSR count). The molecule has 2 atom stereocenters. The first-order chi connectivity index (χ1) is 31.5. The van der Waals surface area contributed by atoms with E-state index in [0.717, 1.165) is 110 Å². The Labute approximate surface area is 366 Å². The Bertz CT molecular complexity index is 4060. The summed E-state index contributed by atoms with van der Waals surface area (Å²) in [6, 6.07) is 63.3. The summed E-state index contributed by atoms with van der Waals surface area (Å²) in [5.74, 6) is -0.226. The molecule has 4 N–H and O–H groups in total. The first kappa shape index (κ1) is 34.1. The number of nitrogens with one attached hydrogen (secondary N) is 3. The molecule has 64 heavy (non-hydrogen) atoms. The Kier molecular flexibility index (Phi) is 6.24. The zero-order chi connectivity index (χ0) is 42.1. The number of allylic oxidation sites excluding steroid dienone is 2. The molecule has 6 nitrogen and oxygen atoms in total. The van der Waals surface area contributed by atoms with Crippen molar-refractivity contribution in [2.75, 3.05) is 16.0 Å². The topological polar surface area (TPSA) is 85.8 Å². The lowest BCUT2D eigenvalue weighted by Crippen LogP contribution is -2.45. The summed E-state index contributed by atoms with van der Waals surface area (Å²) in [6.07, 6.45) is 0. The molecule has 2 spiro atoms. The van der Waals surface area contributed by atoms with Crippen molar-refractivity contribution in [3.05, 3.63) is 226 Å². The van der Waals surface area contributed by atoms with Crippen molar-refractivity contribution in [2.45, 2.75) is 11.3 Å². The number of ketones is 1. The van der Waals surface area contributed by atoms with Crippen LogP contribution in [0.3, 0.4) is 0 Å². The number of anilines is 3. The highest BCUT2D eigenvalue weighted by molar-refractivity contribution is 6.52. The second-order valence-electron chi connectivity index (χ2n) is 17.6. The number of rotatable bonds is 1. The van der Waals surface area contributed by atoms with Crippen LogP contribution >= 0.6 is 0 Å². The summed E-state index contributed by atoms with van der Waals surface area (Å²) in [5, 5.41) is 34.5. The number of aliphatic hydroxyl groups is 1. The molecule has 2 heterocycles. The first-order valence-electron chi connectivity index (χ1n) is 21.8. The second-order valence-corrected chi connectivity index (χ2v) is 17.6. The average molecular weight is 819 g/mol. The van der Waals surface area contributed by atoms with Gasteiger partial charge in [0.2, 0.25) is 5.78 Å². The van der Waals surface area contributed by atoms with Gasteiger partial charge in [-0.25, -0.2) is 4.99 Å². The summed E-state index contributed by atoms with van der Waals surface area (Å²) in [6.45, 7) is 0. The lowest BCUT2D eigenvalue weighted by molar-refractivity contribution is -0.109. The summed E-state index contributed by atoms with van der Waals surface area (Å²) in [4.78, 5) is 20.8. The van der Waals surface area contributed by atoms with Gasteiger partial charge in [-0.3, -0.25) is 4.79 Å². The highest BCUT2D eigenvalue weighted by Crippen LogP contribution is 2.58. The van der Waals surface area contributed by atoms with E-state index in [-0.39, 0.29) is 11.5 Å². The fraction of sp³-hybridized carbons (Fsp3) is 0.0345. The number of carbonyl (C=O) groups excluding carboxylic acids is 1. The molecule has 2 aliphatic heterocycles. The molecule has 5 aliphatic rings. The minimum absolute atomic E-state index is 0.0192. The van der Waals surface area contributed by atoms with Crippen LogP contribution in [0.4, 0.5) is 17.1 Å². The van der Waals surface area contributed by atoms with Gasteiger partial charge in [0.1, 0.15) is 5.76 Å². The van der Waals surface area contributed by atoms with E-state index in [2.05, 4.69) is 174 Å². The highest BCUT2D eigenvalue weighted by Gasteiger charge is 2.50. The summed E-state index contributed by atoms with van der Waals surface area (Å²) in [7, 11) is 0. The fourth-order valence-electron chi connectivity index (χ4n) is 12.0. The SMILES string of the molecule is O=C1C(c2ccc3cccc4c3c2NC2(N4)c3ccccc3-c3ccc4ccccc4c32)=C(O)/C1=c1/ccc2cccc3c2c1NC1(N=3)c2ccccc2-c2ccc3ccccc3c21. The van der Waals surface area contributed by atoms with Crippen LogP contribution in [0.5, 0.6) is 0 Å². The number of Topliss-reactive ketones (excluding diaryl/α,β-unsaturated/α-hetero) is 1. The van der Waals surface area contributed by atoms with Crippen molar-refractivity contribution in [3.8, 4) is 22.3 Å². The molecule has 0 amide bonds. The van der Waals surface area contributed by atoms with Crippen molar-refractivity contribution in [3.63, 3.8) is 0 Å². The number of fused-ring (bicyclic) bond motifs is 14. The molecule has 0 aromatic heterocycles. The first-order valence-corrected chi connectivity index (χ1v) is 21.8. The molecule has 0 bridgehead atoms. The summed E-state index contributed by atoms with van der Waals surface area (Å²) < 4.78 is 0. The van der Waals surface area contributed by atoms with Gasteiger partial charge in [-0.2, -0.15) is 0 Å². The number of carbonyl (C=O) groups is 1. The number of hydrogen-bond acceptors (Lipinski definition) is 6. The van der Waals surface area contributed by atoms with E-state index in [4.69, 9.17) is 4.99 Å². The molecule has 10 aromatic rings. The van der Waals surface area contributed by atoms with Crippen LogP contribution in [0.15, 0.2) is 193 Å². The molecule has 0 radical (unpaired) electrons. The molecule has 10 aromatic carbocycles. The average Bonchev–Trinajstić information content (AvgIpc) is 3.76. The van der Waals surface area contributed by atoms with E-state index in [1.165, 1.54) is 0 Å². The van der Waals surface area contributed by atoms with Gasteiger partial charge in [-0.05, 0) is 66.7 Å². The molecular weight excluding hydrogens is 785 g/mol. The van der Waals surface area contributed by atoms with Crippen LogP contribution in [-0.2, 0) is 16.1 Å². The van der Waals surface area contributed by atoms with Gasteiger partial charge in [0.25, 0.3) is 0 Å². The molecule has 6 heteroatoms. The molecule has 3 aliphatic carbocycles. The third-order valence-electron chi connectivity index (χ3n) is 14.6. The maximum atomic E-state index is 15.2. The van der Waals surface area contributed by atoms with E-state index >= 15 is 4.79 Å². The van der Waals surface area contributed by atoms with Gasteiger partial charge in [0.05, 0.1) is 27.9 Å². The van der Waals surface area contributed by atoms with Crippen LogP contribution in [0.2, 0.25) is 0 Å². The third kappa shape index (κ3) is 4.02. The zero-order valence-corrected chi connectivity index (χ0v) is 34.1. The maximum Gasteiger partial charge on any atom is 0.201 e. The Balaban J connectivity index is 0.967. The normalized spacial score (nSPS) is 20.1. The van der Waals surface area contributed by atoms with Crippen LogP contribution in [0, 0.1) is 0 Å². The lowest BCUT2D eigenvalue weighted by Gasteiger charge is -2.42. The minimum Gasteiger partial charge on any atom is -0.506 e. The number of aliphatic hydroxyl groups excluding tert-OH is 1. The van der Waals surface area contributed by atoms with Gasteiger partial charge >= 0.3 is 0 Å². The van der Waals surface area contributed by atoms with E-state index in [1.807, 2.05) is 24.3 Å². The Morgan fingerprint density at radius 3 is 1.81 bits per heavy atom. The Hall–Kier alpha value is -8.48. The monoisotopic (exact) mass is 818 g/mol. The summed E-state index contributed by atoms with van der Waals surface area (Å²) in [5.41, 5.74) is 10.9. The molecule has 0 saturated heterocycles. The number of hydrogen-bond donors (Lipinski definition) is 4. The van der Waals surface area contributed by atoms with Crippen molar-refractivity contribution in [2.24, 2.45) is 4.99 Å². The quantitative estimate of drug-likeness (QED) is 0.133. The largest absolute Gasteiger partial charge is 0.506 e. The van der Waals surface area contributed by atoms with E-state index in [0.29, 0.717) is 21.9 Å². The van der Waals surface area contributed by atoms with Crippen molar-refractivity contribution in [1.82, 2.24) is 0 Å². The lowest BCUT2D eigenvalue weighted by atomic mass is 9.79. The van der Waals surface area contributed by atoms with Gasteiger partial charge < -0.3 is 21.1 Å². The zero-order valence-electron chi connectivity index (χ0n) is 34.1. The number of benzene rings is 10. The van der Waals surface area contributed by atoms with Gasteiger partial charge in [-0.1, -0.05) is 170 Å². The highest BCUT2D eigenvalue weighted by atomic mass is 16.3. The van der Waals surface area contributed by atoms with Gasteiger partial charge in [0.15, 0.2) is 11.3 Å². The van der Waals surface area contributed by atoms with Crippen molar-refractivity contribution >= 4 is 77.1 Å². The molecule has 298 valence electrons. The van der Waals surface area contributed by atoms with Crippen molar-refractivity contribution < 1.29 is 9.90 Å². The van der Waals surface area contributed by atoms with Crippen LogP contribution < -0.4 is 26.5 Å². The van der Waals surface area contributed by atoms with E-state index in [9.17, 15) is 5.11 Å². The standard InChI is InChI=1S/C58H34N4O2/c63-55-49(41-29-25-33-13-9-21-45-47(33)53(41)61-57(59-45)43-19-7-5-17-37(43)39-27-23-31-11-1-3-15-35(31)51(39)57)56(64)50(55)42-30-26-34-14-10-22-46-48(34)54(42)62-58(60-46)44-20-8-6-18-38(44)40-28-24-32-12-2-4-16-36(32)52(40)58/h1-30,59,61-63H/b50-42+. The maximum absolute atomic E-state index is 15.2. The van der Waals surface area contributed by atoms with Crippen LogP contribution in [-0.4, -0.2) is 10.9 Å². The molecule has 0 saturated carbocycles. The predicted octanol–water partition coefficient (Wildman–Crippen LogP) is 11.6. The summed E-state index contributed by atoms with van der Waals surface area (Å²) >= 11 is 0. The van der Waals surface area contributed by atoms with Gasteiger partial charge in [-0.15, -0.1) is 0 Å².